The molecule has 2 rings (SSSR count). The molecular weight excluding hydrogens is 328 g/mol. The van der Waals surface area contributed by atoms with Crippen molar-refractivity contribution in [2.45, 2.75) is 0 Å². The molecule has 0 atom stereocenters. The van der Waals surface area contributed by atoms with Gasteiger partial charge in [-0.15, -0.1) is 0 Å². The second-order valence-electron chi connectivity index (χ2n) is 5.44. The molecule has 0 radical (unpaired) electrons. The fourth-order valence-corrected chi connectivity index (χ4v) is 2.43. The molecular formula is C16H22N4O5. The van der Waals surface area contributed by atoms with Crippen LogP contribution in [-0.2, 0) is 14.3 Å². The summed E-state index contributed by atoms with van der Waals surface area (Å²) in [4.78, 5) is 38.5. The Labute approximate surface area is 145 Å². The predicted octanol–water partition coefficient (Wildman–Crippen LogP) is 1.19. The van der Waals surface area contributed by atoms with Crippen molar-refractivity contribution in [2.24, 2.45) is 0 Å². The number of piperazine rings is 1. The lowest BCUT2D eigenvalue weighted by Gasteiger charge is -2.33. The van der Waals surface area contributed by atoms with Gasteiger partial charge in [-0.3, -0.25) is 4.79 Å². The molecule has 1 aromatic carbocycles. The van der Waals surface area contributed by atoms with E-state index in [0.29, 0.717) is 37.6 Å². The van der Waals surface area contributed by atoms with Crippen molar-refractivity contribution in [3.8, 4) is 0 Å². The highest BCUT2D eigenvalue weighted by atomic mass is 16.5. The van der Waals surface area contributed by atoms with Crippen molar-refractivity contribution in [2.75, 3.05) is 57.6 Å². The largest absolute Gasteiger partial charge is 0.453 e. The van der Waals surface area contributed by atoms with E-state index in [2.05, 4.69) is 15.4 Å². The zero-order valence-electron chi connectivity index (χ0n) is 14.3. The SMILES string of the molecule is COCC(=O)Nc1cccc(NC(=O)N2CCN(C(=O)OC)CC2)c1. The molecule has 9 nitrogen and oxygen atoms in total. The molecule has 1 aliphatic rings. The summed E-state index contributed by atoms with van der Waals surface area (Å²) in [7, 11) is 2.77. The third-order valence-corrected chi connectivity index (χ3v) is 3.67. The number of urea groups is 1. The highest BCUT2D eigenvalue weighted by molar-refractivity contribution is 5.94. The van der Waals surface area contributed by atoms with Gasteiger partial charge in [0, 0.05) is 44.7 Å². The van der Waals surface area contributed by atoms with E-state index in [9.17, 15) is 14.4 Å². The third kappa shape index (κ3) is 5.35. The summed E-state index contributed by atoms with van der Waals surface area (Å²) in [6, 6.07) is 6.58. The first-order valence-electron chi connectivity index (χ1n) is 7.81. The molecule has 1 aliphatic heterocycles. The van der Waals surface area contributed by atoms with Crippen molar-refractivity contribution in [1.82, 2.24) is 9.80 Å². The van der Waals surface area contributed by atoms with Gasteiger partial charge in [0.1, 0.15) is 6.61 Å². The normalized spacial score (nSPS) is 14.0. The topological polar surface area (TPSA) is 100 Å². The lowest BCUT2D eigenvalue weighted by molar-refractivity contribution is -0.119. The van der Waals surface area contributed by atoms with Gasteiger partial charge in [-0.05, 0) is 18.2 Å². The van der Waals surface area contributed by atoms with Gasteiger partial charge in [0.2, 0.25) is 5.91 Å². The van der Waals surface area contributed by atoms with Crippen LogP contribution in [0.25, 0.3) is 0 Å². The molecule has 0 unspecified atom stereocenters. The van der Waals surface area contributed by atoms with Crippen LogP contribution >= 0.6 is 0 Å². The summed E-state index contributed by atoms with van der Waals surface area (Å²) >= 11 is 0. The van der Waals surface area contributed by atoms with Gasteiger partial charge in [0.25, 0.3) is 0 Å². The van der Waals surface area contributed by atoms with Crippen molar-refractivity contribution < 1.29 is 23.9 Å². The van der Waals surface area contributed by atoms with E-state index in [1.807, 2.05) is 0 Å². The van der Waals surface area contributed by atoms with Gasteiger partial charge < -0.3 is 29.9 Å². The molecule has 0 aliphatic carbocycles. The van der Waals surface area contributed by atoms with Crippen LogP contribution < -0.4 is 10.6 Å². The maximum atomic E-state index is 12.3. The Morgan fingerprint density at radius 3 is 2.20 bits per heavy atom. The lowest BCUT2D eigenvalue weighted by atomic mass is 10.2. The molecule has 1 saturated heterocycles. The molecule has 0 bridgehead atoms. The maximum Gasteiger partial charge on any atom is 0.409 e. The van der Waals surface area contributed by atoms with Gasteiger partial charge in [0.05, 0.1) is 7.11 Å². The number of rotatable bonds is 4. The molecule has 136 valence electrons. The highest BCUT2D eigenvalue weighted by Gasteiger charge is 2.24. The average Bonchev–Trinajstić information content (AvgIpc) is 2.61. The fourth-order valence-electron chi connectivity index (χ4n) is 2.43. The number of anilines is 2. The third-order valence-electron chi connectivity index (χ3n) is 3.67. The van der Waals surface area contributed by atoms with Crippen molar-refractivity contribution in [3.63, 3.8) is 0 Å². The summed E-state index contributed by atoms with van der Waals surface area (Å²) < 4.78 is 9.43. The zero-order chi connectivity index (χ0) is 18.2. The van der Waals surface area contributed by atoms with Crippen molar-refractivity contribution in [1.29, 1.82) is 0 Å². The quantitative estimate of drug-likeness (QED) is 0.849. The van der Waals surface area contributed by atoms with E-state index in [0.717, 1.165) is 0 Å². The van der Waals surface area contributed by atoms with E-state index >= 15 is 0 Å². The number of methoxy groups -OCH3 is 2. The first-order chi connectivity index (χ1) is 12.0. The Balaban J connectivity index is 1.88. The number of ether oxygens (including phenoxy) is 2. The Morgan fingerprint density at radius 1 is 1.00 bits per heavy atom. The Bertz CT molecular complexity index is 629. The number of carbonyl (C=O) groups is 3. The van der Waals surface area contributed by atoms with E-state index in [4.69, 9.17) is 4.74 Å². The Morgan fingerprint density at radius 2 is 1.60 bits per heavy atom. The molecule has 25 heavy (non-hydrogen) atoms. The van der Waals surface area contributed by atoms with Gasteiger partial charge in [0.15, 0.2) is 0 Å². The van der Waals surface area contributed by atoms with E-state index in [-0.39, 0.29) is 24.6 Å². The van der Waals surface area contributed by atoms with Crippen LogP contribution in [0.5, 0.6) is 0 Å². The summed E-state index contributed by atoms with van der Waals surface area (Å²) in [6.45, 7) is 1.65. The second kappa shape index (κ2) is 8.88. The van der Waals surface area contributed by atoms with Crippen LogP contribution in [-0.4, -0.2) is 74.8 Å². The summed E-state index contributed by atoms with van der Waals surface area (Å²) in [5.74, 6) is -0.273. The number of amides is 4. The van der Waals surface area contributed by atoms with E-state index < -0.39 is 0 Å². The molecule has 4 amide bonds. The first-order valence-corrected chi connectivity index (χ1v) is 7.81. The van der Waals surface area contributed by atoms with Gasteiger partial charge >= 0.3 is 12.1 Å². The van der Waals surface area contributed by atoms with Gasteiger partial charge in [-0.25, -0.2) is 9.59 Å². The number of nitrogens with one attached hydrogen (secondary N) is 2. The summed E-state index contributed by atoms with van der Waals surface area (Å²) in [5, 5.41) is 5.46. The van der Waals surface area contributed by atoms with Crippen LogP contribution in [0.4, 0.5) is 21.0 Å². The van der Waals surface area contributed by atoms with Crippen LogP contribution in [0.2, 0.25) is 0 Å². The fraction of sp³-hybridized carbons (Fsp3) is 0.438. The van der Waals surface area contributed by atoms with Crippen LogP contribution in [0.1, 0.15) is 0 Å². The van der Waals surface area contributed by atoms with Crippen molar-refractivity contribution >= 4 is 29.4 Å². The number of benzene rings is 1. The zero-order valence-corrected chi connectivity index (χ0v) is 14.3. The van der Waals surface area contributed by atoms with Gasteiger partial charge in [-0.2, -0.15) is 0 Å². The summed E-state index contributed by atoms with van der Waals surface area (Å²) in [5.41, 5.74) is 1.13. The van der Waals surface area contributed by atoms with Crippen molar-refractivity contribution in [3.05, 3.63) is 24.3 Å². The number of hydrogen-bond donors (Lipinski definition) is 2. The number of carbonyl (C=O) groups excluding carboxylic acids is 3. The molecule has 1 aromatic rings. The molecule has 0 spiro atoms. The second-order valence-corrected chi connectivity index (χ2v) is 5.44. The molecule has 1 fully saturated rings. The van der Waals surface area contributed by atoms with Gasteiger partial charge in [-0.1, -0.05) is 6.07 Å². The number of nitrogens with zero attached hydrogens (tertiary/aromatic N) is 2. The Kier molecular flexibility index (Phi) is 6.58. The van der Waals surface area contributed by atoms with Crippen LogP contribution in [0.3, 0.4) is 0 Å². The molecule has 9 heteroatoms. The smallest absolute Gasteiger partial charge is 0.409 e. The minimum Gasteiger partial charge on any atom is -0.453 e. The standard InChI is InChI=1S/C16H22N4O5/c1-24-11-14(21)17-12-4-3-5-13(10-12)18-15(22)19-6-8-20(9-7-19)16(23)25-2/h3-5,10H,6-9,11H2,1-2H3,(H,17,21)(H,18,22). The summed E-state index contributed by atoms with van der Waals surface area (Å²) in [6.07, 6.45) is -0.389. The molecule has 2 N–H and O–H groups in total. The maximum absolute atomic E-state index is 12.3. The first kappa shape index (κ1) is 18.5. The minimum atomic E-state index is -0.389. The minimum absolute atomic E-state index is 0.0406. The predicted molar refractivity (Wildman–Crippen MR) is 91.5 cm³/mol. The van der Waals surface area contributed by atoms with E-state index in [1.165, 1.54) is 14.2 Å². The molecule has 0 aromatic heterocycles. The van der Waals surface area contributed by atoms with Crippen LogP contribution in [0.15, 0.2) is 24.3 Å². The number of hydrogen-bond acceptors (Lipinski definition) is 5. The highest BCUT2D eigenvalue weighted by Crippen LogP contribution is 2.16. The monoisotopic (exact) mass is 350 g/mol. The molecule has 1 heterocycles. The molecule has 0 saturated carbocycles. The Hall–Kier alpha value is -2.81. The lowest BCUT2D eigenvalue weighted by Crippen LogP contribution is -2.51. The van der Waals surface area contributed by atoms with E-state index in [1.54, 1.807) is 34.1 Å². The average molecular weight is 350 g/mol. The van der Waals surface area contributed by atoms with Crippen LogP contribution in [0, 0.1) is 0 Å².